The average Bonchev–Trinajstić information content (AvgIpc) is 2.34. The summed E-state index contributed by atoms with van der Waals surface area (Å²) in [5.74, 6) is 0. The van der Waals surface area contributed by atoms with Gasteiger partial charge < -0.3 is 10.5 Å². The highest BCUT2D eigenvalue weighted by Crippen LogP contribution is 2.25. The molecule has 55 valence electrons. The molecule has 1 aromatic rings. The highest BCUT2D eigenvalue weighted by atomic mass is 32.1. The summed E-state index contributed by atoms with van der Waals surface area (Å²) in [5.41, 5.74) is 5.51. The number of nitrogen functional groups attached to an aromatic ring is 1. The van der Waals surface area contributed by atoms with Crippen LogP contribution in [0.5, 0.6) is 0 Å². The summed E-state index contributed by atoms with van der Waals surface area (Å²) >= 11 is 1.51. The Bertz CT molecular complexity index is 209. The predicted octanol–water partition coefficient (Wildman–Crippen LogP) is 1.85. The summed E-state index contributed by atoms with van der Waals surface area (Å²) < 4.78 is 4.99. The molecule has 2 nitrogen and oxygen atoms in total. The second-order valence-electron chi connectivity index (χ2n) is 1.96. The van der Waals surface area contributed by atoms with Gasteiger partial charge in [0, 0.05) is 12.0 Å². The third kappa shape index (κ3) is 1.49. The highest BCUT2D eigenvalue weighted by molar-refractivity contribution is 7.15. The van der Waals surface area contributed by atoms with Crippen LogP contribution in [0.25, 0.3) is 0 Å². The Morgan fingerprint density at radius 2 is 2.40 bits per heavy atom. The molecule has 0 spiro atoms. The van der Waals surface area contributed by atoms with Crippen LogP contribution in [0.1, 0.15) is 11.0 Å². The van der Waals surface area contributed by atoms with Crippen molar-refractivity contribution in [3.63, 3.8) is 0 Å². The average molecular weight is 156 g/mol. The Hall–Kier alpha value is -0.540. The molecule has 1 unspecified atom stereocenters. The first-order valence-corrected chi connectivity index (χ1v) is 3.76. The number of nitrogens with two attached hydrogens (primary N) is 1. The number of rotatable bonds is 2. The van der Waals surface area contributed by atoms with Crippen molar-refractivity contribution in [2.24, 2.45) is 0 Å². The van der Waals surface area contributed by atoms with Crippen LogP contribution in [0.15, 0.2) is 12.1 Å². The summed E-state index contributed by atoms with van der Waals surface area (Å²) in [7, 11) is 1.63. The molecule has 0 aliphatic heterocycles. The smallest absolute Gasteiger partial charge is 0.0914 e. The molecular formula is C7H10NOS. The normalized spacial score (nSPS) is 13.4. The molecule has 1 aromatic heterocycles. The van der Waals surface area contributed by atoms with Gasteiger partial charge in [0.2, 0.25) is 0 Å². The van der Waals surface area contributed by atoms with Crippen molar-refractivity contribution in [2.75, 3.05) is 12.8 Å². The molecule has 1 atom stereocenters. The van der Waals surface area contributed by atoms with E-state index in [1.807, 2.05) is 12.1 Å². The van der Waals surface area contributed by atoms with Crippen LogP contribution >= 0.6 is 11.3 Å². The number of anilines is 1. The van der Waals surface area contributed by atoms with Crippen LogP contribution in [-0.2, 0) is 4.74 Å². The predicted molar refractivity (Wildman–Crippen MR) is 43.8 cm³/mol. The third-order valence-electron chi connectivity index (χ3n) is 1.25. The minimum absolute atomic E-state index is 0.0812. The van der Waals surface area contributed by atoms with Gasteiger partial charge in [0.25, 0.3) is 0 Å². The first-order chi connectivity index (χ1) is 4.74. The van der Waals surface area contributed by atoms with Crippen molar-refractivity contribution in [2.45, 2.75) is 6.10 Å². The molecular weight excluding hydrogens is 146 g/mol. The fraction of sp³-hybridized carbons (Fsp3) is 0.286. The van der Waals surface area contributed by atoms with Gasteiger partial charge in [-0.05, 0) is 19.1 Å². The molecule has 3 heteroatoms. The van der Waals surface area contributed by atoms with Gasteiger partial charge in [0.15, 0.2) is 0 Å². The van der Waals surface area contributed by atoms with E-state index in [9.17, 15) is 0 Å². The summed E-state index contributed by atoms with van der Waals surface area (Å²) in [5, 5.41) is 0.806. The standard InChI is InChI=1S/C7H10NOS/c1-5(9-2)6-3-4-7(8)10-6/h3-5H,1,8H2,2H3. The third-order valence-corrected chi connectivity index (χ3v) is 2.26. The monoisotopic (exact) mass is 156 g/mol. The Kier molecular flexibility index (Phi) is 2.29. The first kappa shape index (κ1) is 7.57. The number of hydrogen-bond acceptors (Lipinski definition) is 3. The van der Waals surface area contributed by atoms with Crippen molar-refractivity contribution >= 4 is 16.3 Å². The van der Waals surface area contributed by atoms with Gasteiger partial charge in [-0.2, -0.15) is 0 Å². The molecule has 0 saturated carbocycles. The van der Waals surface area contributed by atoms with E-state index in [1.165, 1.54) is 11.3 Å². The van der Waals surface area contributed by atoms with Crippen molar-refractivity contribution < 1.29 is 4.74 Å². The molecule has 0 bridgehead atoms. The summed E-state index contributed by atoms with van der Waals surface area (Å²) in [6.45, 7) is 3.77. The van der Waals surface area contributed by atoms with Gasteiger partial charge >= 0.3 is 0 Å². The SMILES string of the molecule is [CH2]C(OC)c1ccc(N)s1. The van der Waals surface area contributed by atoms with E-state index in [2.05, 4.69) is 6.92 Å². The second kappa shape index (κ2) is 3.03. The number of hydrogen-bond donors (Lipinski definition) is 1. The van der Waals surface area contributed by atoms with E-state index >= 15 is 0 Å². The molecule has 0 aliphatic carbocycles. The maximum atomic E-state index is 5.51. The van der Waals surface area contributed by atoms with E-state index in [-0.39, 0.29) is 6.10 Å². The summed E-state index contributed by atoms with van der Waals surface area (Å²) in [4.78, 5) is 1.07. The lowest BCUT2D eigenvalue weighted by atomic mass is 10.3. The molecule has 2 N–H and O–H groups in total. The van der Waals surface area contributed by atoms with Crippen molar-refractivity contribution in [1.82, 2.24) is 0 Å². The van der Waals surface area contributed by atoms with Gasteiger partial charge in [-0.3, -0.25) is 0 Å². The molecule has 0 aliphatic rings. The fourth-order valence-electron chi connectivity index (χ4n) is 0.658. The number of thiophene rings is 1. The molecule has 0 fully saturated rings. The zero-order chi connectivity index (χ0) is 7.56. The van der Waals surface area contributed by atoms with Crippen LogP contribution in [-0.4, -0.2) is 7.11 Å². The Morgan fingerprint density at radius 1 is 1.70 bits per heavy atom. The van der Waals surface area contributed by atoms with Crippen molar-refractivity contribution in [3.05, 3.63) is 23.9 Å². The van der Waals surface area contributed by atoms with Crippen LogP contribution in [0, 0.1) is 6.92 Å². The van der Waals surface area contributed by atoms with Crippen LogP contribution < -0.4 is 5.73 Å². The van der Waals surface area contributed by atoms with Gasteiger partial charge in [-0.15, -0.1) is 11.3 Å². The second-order valence-corrected chi connectivity index (χ2v) is 3.11. The first-order valence-electron chi connectivity index (χ1n) is 2.95. The Labute approximate surface area is 64.6 Å². The molecule has 1 radical (unpaired) electrons. The van der Waals surface area contributed by atoms with E-state index in [1.54, 1.807) is 7.11 Å². The minimum atomic E-state index is -0.0812. The minimum Gasteiger partial charge on any atom is -0.391 e. The molecule has 0 aromatic carbocycles. The van der Waals surface area contributed by atoms with Gasteiger partial charge in [0.1, 0.15) is 0 Å². The number of methoxy groups -OCH3 is 1. The lowest BCUT2D eigenvalue weighted by molar-refractivity contribution is 0.143. The highest BCUT2D eigenvalue weighted by Gasteiger charge is 2.04. The Balaban J connectivity index is 2.74. The summed E-state index contributed by atoms with van der Waals surface area (Å²) in [6.07, 6.45) is -0.0812. The van der Waals surface area contributed by atoms with Crippen LogP contribution in [0.3, 0.4) is 0 Å². The van der Waals surface area contributed by atoms with Crippen LogP contribution in [0.2, 0.25) is 0 Å². The zero-order valence-corrected chi connectivity index (χ0v) is 6.65. The maximum absolute atomic E-state index is 5.51. The summed E-state index contributed by atoms with van der Waals surface area (Å²) in [6, 6.07) is 3.79. The fourth-order valence-corrected chi connectivity index (χ4v) is 1.43. The van der Waals surface area contributed by atoms with Gasteiger partial charge in [-0.25, -0.2) is 0 Å². The lowest BCUT2D eigenvalue weighted by Gasteiger charge is -2.04. The van der Waals surface area contributed by atoms with E-state index < -0.39 is 0 Å². The topological polar surface area (TPSA) is 35.2 Å². The molecule has 1 rings (SSSR count). The zero-order valence-electron chi connectivity index (χ0n) is 5.83. The number of ether oxygens (including phenoxy) is 1. The van der Waals surface area contributed by atoms with E-state index in [0.717, 1.165) is 9.88 Å². The van der Waals surface area contributed by atoms with Crippen LogP contribution in [0.4, 0.5) is 5.00 Å². The van der Waals surface area contributed by atoms with Gasteiger partial charge in [-0.1, -0.05) is 0 Å². The largest absolute Gasteiger partial charge is 0.391 e. The molecule has 1 heterocycles. The van der Waals surface area contributed by atoms with Gasteiger partial charge in [0.05, 0.1) is 11.1 Å². The van der Waals surface area contributed by atoms with Crippen molar-refractivity contribution in [1.29, 1.82) is 0 Å². The molecule has 0 amide bonds. The maximum Gasteiger partial charge on any atom is 0.0914 e. The van der Waals surface area contributed by atoms with E-state index in [4.69, 9.17) is 10.5 Å². The van der Waals surface area contributed by atoms with E-state index in [0.29, 0.717) is 0 Å². The molecule has 0 saturated heterocycles. The quantitative estimate of drug-likeness (QED) is 0.709. The Morgan fingerprint density at radius 3 is 2.80 bits per heavy atom. The van der Waals surface area contributed by atoms with Crippen molar-refractivity contribution in [3.8, 4) is 0 Å². The lowest BCUT2D eigenvalue weighted by Crippen LogP contribution is -1.91. The molecule has 10 heavy (non-hydrogen) atoms.